The second-order valence-corrected chi connectivity index (χ2v) is 5.69. The van der Waals surface area contributed by atoms with Crippen molar-refractivity contribution in [1.29, 1.82) is 0 Å². The molecule has 0 saturated heterocycles. The first kappa shape index (κ1) is 15.5. The zero-order valence-electron chi connectivity index (χ0n) is 12.2. The lowest BCUT2D eigenvalue weighted by atomic mass is 9.80. The first-order valence-electron chi connectivity index (χ1n) is 7.09. The molecule has 0 bridgehead atoms. The summed E-state index contributed by atoms with van der Waals surface area (Å²) >= 11 is 0. The quantitative estimate of drug-likeness (QED) is 0.936. The Morgan fingerprint density at radius 3 is 2.70 bits per heavy atom. The van der Waals surface area contributed by atoms with Crippen LogP contribution in [-0.2, 0) is 4.79 Å². The van der Waals surface area contributed by atoms with Crippen LogP contribution in [0, 0.1) is 18.7 Å². The summed E-state index contributed by atoms with van der Waals surface area (Å²) in [4.78, 5) is 14.7. The molecule has 0 unspecified atom stereocenters. The van der Waals surface area contributed by atoms with Gasteiger partial charge in [0, 0.05) is 11.8 Å². The molecule has 0 atom stereocenters. The molecule has 2 aromatic heterocycles. The number of hydrogen-bond donors (Lipinski definition) is 1. The van der Waals surface area contributed by atoms with Gasteiger partial charge in [-0.1, -0.05) is 0 Å². The standard InChI is InChI=1S/C15H14F3N3O2/c1-7-2-9(16)5-19-12(7)11-6-21(20-13(11)14(17)18)10-3-8(4-10)15(22)23/h2,5-6,8,10,14H,3-4H2,1H3,(H,22,23). The van der Waals surface area contributed by atoms with Crippen LogP contribution >= 0.6 is 0 Å². The maximum absolute atomic E-state index is 13.3. The number of carboxylic acid groups (broad SMARTS) is 1. The summed E-state index contributed by atoms with van der Waals surface area (Å²) < 4.78 is 41.0. The van der Waals surface area contributed by atoms with Crippen LogP contribution in [0.3, 0.4) is 0 Å². The molecule has 1 fully saturated rings. The molecule has 1 N–H and O–H groups in total. The molecule has 1 aliphatic carbocycles. The molecule has 1 aliphatic rings. The number of aliphatic carboxylic acids is 1. The van der Waals surface area contributed by atoms with Crippen molar-refractivity contribution in [2.24, 2.45) is 5.92 Å². The summed E-state index contributed by atoms with van der Waals surface area (Å²) in [6.07, 6.45) is 0.327. The maximum Gasteiger partial charge on any atom is 0.306 e. The van der Waals surface area contributed by atoms with Crippen molar-refractivity contribution in [3.8, 4) is 11.3 Å². The molecule has 2 heterocycles. The number of rotatable bonds is 4. The second-order valence-electron chi connectivity index (χ2n) is 5.69. The molecule has 0 aliphatic heterocycles. The highest BCUT2D eigenvalue weighted by molar-refractivity contribution is 5.71. The summed E-state index contributed by atoms with van der Waals surface area (Å²) in [5.41, 5.74) is 0.410. The van der Waals surface area contributed by atoms with Gasteiger partial charge in [0.05, 0.1) is 23.9 Å². The Morgan fingerprint density at radius 2 is 2.13 bits per heavy atom. The smallest absolute Gasteiger partial charge is 0.306 e. The number of pyridine rings is 1. The zero-order chi connectivity index (χ0) is 16.7. The Hall–Kier alpha value is -2.38. The number of alkyl halides is 2. The summed E-state index contributed by atoms with van der Waals surface area (Å²) in [6.45, 7) is 1.59. The molecule has 0 spiro atoms. The first-order chi connectivity index (χ1) is 10.9. The number of aryl methyl sites for hydroxylation is 1. The third kappa shape index (κ3) is 2.80. The number of halogens is 3. The minimum atomic E-state index is -2.80. The van der Waals surface area contributed by atoms with E-state index in [0.29, 0.717) is 18.4 Å². The molecular weight excluding hydrogens is 311 g/mol. The van der Waals surface area contributed by atoms with Gasteiger partial charge in [-0.15, -0.1) is 0 Å². The van der Waals surface area contributed by atoms with E-state index in [-0.39, 0.29) is 17.3 Å². The number of carboxylic acids is 1. The van der Waals surface area contributed by atoms with Crippen molar-refractivity contribution in [2.45, 2.75) is 32.2 Å². The van der Waals surface area contributed by atoms with Gasteiger partial charge in [-0.3, -0.25) is 14.5 Å². The average Bonchev–Trinajstić information content (AvgIpc) is 2.81. The van der Waals surface area contributed by atoms with Crippen molar-refractivity contribution in [2.75, 3.05) is 0 Å². The summed E-state index contributed by atoms with van der Waals surface area (Å²) in [7, 11) is 0. The monoisotopic (exact) mass is 325 g/mol. The maximum atomic E-state index is 13.3. The SMILES string of the molecule is Cc1cc(F)cnc1-c1cn(C2CC(C(=O)O)C2)nc1C(F)F. The van der Waals surface area contributed by atoms with Gasteiger partial charge in [0.15, 0.2) is 0 Å². The fourth-order valence-electron chi connectivity index (χ4n) is 2.76. The topological polar surface area (TPSA) is 68.0 Å². The molecule has 2 aromatic rings. The van der Waals surface area contributed by atoms with E-state index in [4.69, 9.17) is 5.11 Å². The molecule has 0 aromatic carbocycles. The molecule has 23 heavy (non-hydrogen) atoms. The predicted molar refractivity (Wildman–Crippen MR) is 74.5 cm³/mol. The van der Waals surface area contributed by atoms with E-state index in [9.17, 15) is 18.0 Å². The number of carbonyl (C=O) groups is 1. The van der Waals surface area contributed by atoms with Crippen molar-refractivity contribution in [1.82, 2.24) is 14.8 Å². The van der Waals surface area contributed by atoms with E-state index in [1.54, 1.807) is 6.92 Å². The van der Waals surface area contributed by atoms with Crippen LogP contribution in [0.4, 0.5) is 13.2 Å². The Morgan fingerprint density at radius 1 is 1.43 bits per heavy atom. The molecule has 122 valence electrons. The molecular formula is C15H14F3N3O2. The average molecular weight is 325 g/mol. The van der Waals surface area contributed by atoms with E-state index in [2.05, 4.69) is 10.1 Å². The van der Waals surface area contributed by atoms with Crippen molar-refractivity contribution in [3.63, 3.8) is 0 Å². The fraction of sp³-hybridized carbons (Fsp3) is 0.400. The molecule has 0 radical (unpaired) electrons. The predicted octanol–water partition coefficient (Wildman–Crippen LogP) is 3.37. The lowest BCUT2D eigenvalue weighted by Crippen LogP contribution is -2.32. The Bertz CT molecular complexity index is 754. The Kier molecular flexibility index (Phi) is 3.83. The van der Waals surface area contributed by atoms with Gasteiger partial charge in [-0.05, 0) is 31.4 Å². The summed E-state index contributed by atoms with van der Waals surface area (Å²) in [5.74, 6) is -1.90. The van der Waals surface area contributed by atoms with Gasteiger partial charge < -0.3 is 5.11 Å². The Balaban J connectivity index is 1.95. The van der Waals surface area contributed by atoms with Crippen molar-refractivity contribution in [3.05, 3.63) is 35.5 Å². The highest BCUT2D eigenvalue weighted by Crippen LogP contribution is 2.40. The van der Waals surface area contributed by atoms with Crippen LogP contribution in [-0.4, -0.2) is 25.8 Å². The number of hydrogen-bond acceptors (Lipinski definition) is 3. The van der Waals surface area contributed by atoms with Crippen LogP contribution in [0.1, 0.15) is 36.6 Å². The van der Waals surface area contributed by atoms with Crippen LogP contribution in [0.2, 0.25) is 0 Å². The van der Waals surface area contributed by atoms with Crippen molar-refractivity contribution < 1.29 is 23.1 Å². The van der Waals surface area contributed by atoms with Gasteiger partial charge >= 0.3 is 5.97 Å². The normalized spacial score (nSPS) is 20.6. The van der Waals surface area contributed by atoms with Gasteiger partial charge in [0.1, 0.15) is 11.5 Å². The number of nitrogens with zero attached hydrogens (tertiary/aromatic N) is 3. The van der Waals surface area contributed by atoms with E-state index >= 15 is 0 Å². The van der Waals surface area contributed by atoms with E-state index in [1.165, 1.54) is 16.9 Å². The highest BCUT2D eigenvalue weighted by atomic mass is 19.3. The van der Waals surface area contributed by atoms with E-state index in [0.717, 1.165) is 6.20 Å². The van der Waals surface area contributed by atoms with Gasteiger partial charge in [-0.2, -0.15) is 5.10 Å². The van der Waals surface area contributed by atoms with E-state index in [1.807, 2.05) is 0 Å². The van der Waals surface area contributed by atoms with Crippen molar-refractivity contribution >= 4 is 5.97 Å². The van der Waals surface area contributed by atoms with Gasteiger partial charge in [-0.25, -0.2) is 13.2 Å². The van der Waals surface area contributed by atoms with Gasteiger partial charge in [0.25, 0.3) is 6.43 Å². The minimum absolute atomic E-state index is 0.149. The molecule has 3 rings (SSSR count). The summed E-state index contributed by atoms with van der Waals surface area (Å²) in [5, 5.41) is 12.8. The lowest BCUT2D eigenvalue weighted by molar-refractivity contribution is -0.146. The van der Waals surface area contributed by atoms with E-state index < -0.39 is 29.8 Å². The third-order valence-corrected chi connectivity index (χ3v) is 4.10. The fourth-order valence-corrected chi connectivity index (χ4v) is 2.76. The third-order valence-electron chi connectivity index (χ3n) is 4.10. The minimum Gasteiger partial charge on any atom is -0.481 e. The zero-order valence-corrected chi connectivity index (χ0v) is 12.2. The molecule has 1 saturated carbocycles. The van der Waals surface area contributed by atoms with Crippen LogP contribution in [0.25, 0.3) is 11.3 Å². The molecule has 0 amide bonds. The Labute approximate surface area is 129 Å². The van der Waals surface area contributed by atoms with Gasteiger partial charge in [0.2, 0.25) is 0 Å². The first-order valence-corrected chi connectivity index (χ1v) is 7.09. The van der Waals surface area contributed by atoms with Crippen LogP contribution in [0.5, 0.6) is 0 Å². The largest absolute Gasteiger partial charge is 0.481 e. The summed E-state index contributed by atoms with van der Waals surface area (Å²) in [6, 6.07) is 1.00. The van der Waals surface area contributed by atoms with Crippen LogP contribution < -0.4 is 0 Å². The highest BCUT2D eigenvalue weighted by Gasteiger charge is 2.37. The molecule has 5 nitrogen and oxygen atoms in total. The lowest BCUT2D eigenvalue weighted by Gasteiger charge is -2.32. The second kappa shape index (κ2) is 5.68. The van der Waals surface area contributed by atoms with Crippen LogP contribution in [0.15, 0.2) is 18.5 Å². The molecule has 8 heteroatoms. The number of aromatic nitrogens is 3.